The van der Waals surface area contributed by atoms with Crippen LogP contribution in [0, 0.1) is 37.9 Å². The maximum Gasteiger partial charge on any atom is 0.161 e. The molecule has 6 heteroatoms. The van der Waals surface area contributed by atoms with E-state index >= 15 is 0 Å². The highest BCUT2D eigenvalue weighted by atomic mass is 32.2. The molecule has 4 nitrogen and oxygen atoms in total. The van der Waals surface area contributed by atoms with Crippen LogP contribution >= 0.6 is 11.8 Å². The molecule has 3 aromatic carbocycles. The van der Waals surface area contributed by atoms with Crippen molar-refractivity contribution >= 4 is 23.2 Å². The molecule has 0 bridgehead atoms. The van der Waals surface area contributed by atoms with Crippen LogP contribution in [-0.2, 0) is 10.5 Å². The number of rotatable bonds is 5. The Bertz CT molecular complexity index is 1530. The van der Waals surface area contributed by atoms with E-state index in [-0.39, 0.29) is 11.6 Å². The normalized spacial score (nSPS) is 17.5. The number of carbonyl (C=O) groups excluding carboxylic acids is 1. The lowest BCUT2D eigenvalue weighted by atomic mass is 9.74. The summed E-state index contributed by atoms with van der Waals surface area (Å²) in [6.45, 7) is 6.20. The number of thioether (sulfide) groups is 1. The van der Waals surface area contributed by atoms with E-state index in [0.717, 1.165) is 28.1 Å². The lowest BCUT2D eigenvalue weighted by Gasteiger charge is -2.40. The van der Waals surface area contributed by atoms with E-state index < -0.39 is 11.7 Å². The van der Waals surface area contributed by atoms with E-state index in [4.69, 9.17) is 5.73 Å². The van der Waals surface area contributed by atoms with Crippen molar-refractivity contribution in [3.63, 3.8) is 0 Å². The molecule has 3 aromatic rings. The van der Waals surface area contributed by atoms with Crippen molar-refractivity contribution < 1.29 is 9.18 Å². The molecule has 1 unspecified atom stereocenters. The average molecular weight is 524 g/mol. The van der Waals surface area contributed by atoms with Crippen molar-refractivity contribution in [3.8, 4) is 6.07 Å². The van der Waals surface area contributed by atoms with Crippen molar-refractivity contribution in [2.45, 2.75) is 56.6 Å². The smallest absolute Gasteiger partial charge is 0.161 e. The van der Waals surface area contributed by atoms with Crippen LogP contribution in [0.2, 0.25) is 0 Å². The van der Waals surface area contributed by atoms with Gasteiger partial charge in [-0.15, -0.1) is 11.8 Å². The van der Waals surface area contributed by atoms with Crippen molar-refractivity contribution in [2.75, 3.05) is 4.90 Å². The molecule has 2 N–H and O–H groups in total. The summed E-state index contributed by atoms with van der Waals surface area (Å²) >= 11 is 1.76. The van der Waals surface area contributed by atoms with Crippen molar-refractivity contribution in [1.82, 2.24) is 0 Å². The maximum absolute atomic E-state index is 14.2. The predicted octanol–water partition coefficient (Wildman–Crippen LogP) is 7.35. The predicted molar refractivity (Wildman–Crippen MR) is 151 cm³/mol. The van der Waals surface area contributed by atoms with Gasteiger partial charge in [-0.05, 0) is 86.2 Å². The van der Waals surface area contributed by atoms with Crippen LogP contribution in [0.25, 0.3) is 0 Å². The fourth-order valence-corrected chi connectivity index (χ4v) is 6.45. The van der Waals surface area contributed by atoms with E-state index in [1.807, 2.05) is 6.92 Å². The Balaban J connectivity index is 1.62. The largest absolute Gasteiger partial charge is 0.384 e. The molecule has 2 aliphatic rings. The van der Waals surface area contributed by atoms with Crippen molar-refractivity contribution in [2.24, 2.45) is 5.73 Å². The number of hydrogen-bond donors (Lipinski definition) is 1. The van der Waals surface area contributed by atoms with Crippen LogP contribution in [0.3, 0.4) is 0 Å². The third kappa shape index (κ3) is 4.75. The van der Waals surface area contributed by atoms with Gasteiger partial charge in [-0.3, -0.25) is 9.69 Å². The highest BCUT2D eigenvalue weighted by Crippen LogP contribution is 2.47. The number of benzene rings is 3. The van der Waals surface area contributed by atoms with Gasteiger partial charge in [0.2, 0.25) is 0 Å². The van der Waals surface area contributed by atoms with Gasteiger partial charge in [0.1, 0.15) is 11.6 Å². The van der Waals surface area contributed by atoms with Gasteiger partial charge in [0.25, 0.3) is 0 Å². The first-order valence-electron chi connectivity index (χ1n) is 12.8. The summed E-state index contributed by atoms with van der Waals surface area (Å²) in [7, 11) is 0. The summed E-state index contributed by atoms with van der Waals surface area (Å²) in [5.74, 6) is 0.104. The quantitative estimate of drug-likeness (QED) is 0.354. The fourth-order valence-electron chi connectivity index (χ4n) is 5.49. The first kappa shape index (κ1) is 25.8. The highest BCUT2D eigenvalue weighted by Gasteiger charge is 2.41. The van der Waals surface area contributed by atoms with Gasteiger partial charge in [0, 0.05) is 28.3 Å². The fraction of sp³-hybridized carbons (Fsp3) is 0.250. The SMILES string of the molecule is Cc1ccc(SCc2cc(C3C(C#N)=C(N)N(c4cccc(F)c4)C4=C3C(=O)CCC4)c(C)cc2C)cc1. The summed E-state index contributed by atoms with van der Waals surface area (Å²) in [6.07, 6.45) is 1.75. The van der Waals surface area contributed by atoms with E-state index in [1.54, 1.807) is 28.8 Å². The van der Waals surface area contributed by atoms with E-state index in [9.17, 15) is 14.4 Å². The number of ketones is 1. The summed E-state index contributed by atoms with van der Waals surface area (Å²) < 4.78 is 14.2. The molecule has 192 valence electrons. The molecule has 0 amide bonds. The Hall–Kier alpha value is -3.82. The monoisotopic (exact) mass is 523 g/mol. The number of nitrogens with two attached hydrogens (primary N) is 1. The van der Waals surface area contributed by atoms with E-state index in [0.29, 0.717) is 36.1 Å². The zero-order valence-electron chi connectivity index (χ0n) is 21.8. The molecular formula is C32H30FN3OS. The molecule has 1 aliphatic carbocycles. The first-order valence-corrected chi connectivity index (χ1v) is 13.8. The molecule has 1 atom stereocenters. The lowest BCUT2D eigenvalue weighted by Crippen LogP contribution is -2.39. The minimum Gasteiger partial charge on any atom is -0.384 e. The van der Waals surface area contributed by atoms with Crippen LogP contribution in [0.5, 0.6) is 0 Å². The van der Waals surface area contributed by atoms with Crippen molar-refractivity contribution in [3.05, 3.63) is 117 Å². The van der Waals surface area contributed by atoms with E-state index in [1.165, 1.54) is 28.2 Å². The molecule has 0 aromatic heterocycles. The number of halogens is 1. The number of hydrogen-bond acceptors (Lipinski definition) is 5. The number of carbonyl (C=O) groups is 1. The Kier molecular flexibility index (Phi) is 7.14. The number of allylic oxidation sites excluding steroid dienone is 3. The molecule has 5 rings (SSSR count). The molecular weight excluding hydrogens is 493 g/mol. The second-order valence-corrected chi connectivity index (χ2v) is 11.1. The molecule has 0 saturated carbocycles. The lowest BCUT2D eigenvalue weighted by molar-refractivity contribution is -0.116. The van der Waals surface area contributed by atoms with Gasteiger partial charge in [-0.1, -0.05) is 35.9 Å². The Morgan fingerprint density at radius 2 is 1.82 bits per heavy atom. The number of nitriles is 1. The zero-order valence-corrected chi connectivity index (χ0v) is 22.7. The van der Waals surface area contributed by atoms with Crippen LogP contribution in [-0.4, -0.2) is 5.78 Å². The van der Waals surface area contributed by atoms with Crippen molar-refractivity contribution in [1.29, 1.82) is 5.26 Å². The number of Topliss-reactive ketones (excluding diaryl/α,β-unsaturated/α-hetero) is 1. The second kappa shape index (κ2) is 10.5. The summed E-state index contributed by atoms with van der Waals surface area (Å²) in [5, 5.41) is 10.4. The van der Waals surface area contributed by atoms with Crippen LogP contribution < -0.4 is 10.6 Å². The molecule has 0 fully saturated rings. The van der Waals surface area contributed by atoms with Gasteiger partial charge in [0.05, 0.1) is 23.2 Å². The molecule has 1 heterocycles. The van der Waals surface area contributed by atoms with Gasteiger partial charge in [-0.2, -0.15) is 5.26 Å². The van der Waals surface area contributed by atoms with Gasteiger partial charge >= 0.3 is 0 Å². The van der Waals surface area contributed by atoms with Crippen LogP contribution in [0.1, 0.15) is 53.0 Å². The van der Waals surface area contributed by atoms with Crippen LogP contribution in [0.4, 0.5) is 10.1 Å². The molecule has 0 spiro atoms. The van der Waals surface area contributed by atoms with Crippen LogP contribution in [0.15, 0.2) is 88.2 Å². The Morgan fingerprint density at radius 3 is 2.53 bits per heavy atom. The second-order valence-electron chi connectivity index (χ2n) is 10.0. The minimum absolute atomic E-state index is 0.0217. The molecule has 0 saturated heterocycles. The highest BCUT2D eigenvalue weighted by molar-refractivity contribution is 7.98. The Labute approximate surface area is 227 Å². The minimum atomic E-state index is -0.545. The summed E-state index contributed by atoms with van der Waals surface area (Å²) in [5.41, 5.74) is 14.4. The third-order valence-corrected chi connectivity index (χ3v) is 8.49. The standard InChI is InChI=1S/C32H30FN3OS/c1-19-10-12-25(13-11-19)38-18-22-15-26(21(3)14-20(22)2)30-27(17-34)32(35)36(24-7-4-6-23(33)16-24)28-8-5-9-29(37)31(28)30/h4,6-7,10-16,30H,5,8-9,18,35H2,1-3H3. The Morgan fingerprint density at radius 1 is 1.05 bits per heavy atom. The summed E-state index contributed by atoms with van der Waals surface area (Å²) in [6, 6.07) is 21.2. The van der Waals surface area contributed by atoms with Gasteiger partial charge in [0.15, 0.2) is 5.78 Å². The first-order chi connectivity index (χ1) is 18.3. The van der Waals surface area contributed by atoms with Gasteiger partial charge in [-0.25, -0.2) is 4.39 Å². The van der Waals surface area contributed by atoms with Gasteiger partial charge < -0.3 is 5.73 Å². The number of aryl methyl sites for hydroxylation is 3. The summed E-state index contributed by atoms with van der Waals surface area (Å²) in [4.78, 5) is 16.4. The molecule has 38 heavy (non-hydrogen) atoms. The van der Waals surface area contributed by atoms with E-state index in [2.05, 4.69) is 56.3 Å². The molecule has 1 aliphatic heterocycles. The zero-order chi connectivity index (χ0) is 27.0. The molecule has 0 radical (unpaired) electrons. The number of nitrogens with zero attached hydrogens (tertiary/aromatic N) is 2. The maximum atomic E-state index is 14.2. The number of anilines is 1. The average Bonchev–Trinajstić information content (AvgIpc) is 2.89. The third-order valence-electron chi connectivity index (χ3n) is 7.43. The topological polar surface area (TPSA) is 70.1 Å².